The molecule has 0 fully saturated rings. The van der Waals surface area contributed by atoms with Gasteiger partial charge in [-0.1, -0.05) is 11.8 Å². The van der Waals surface area contributed by atoms with E-state index in [1.165, 1.54) is 12.1 Å². The molecule has 0 saturated heterocycles. The summed E-state index contributed by atoms with van der Waals surface area (Å²) in [7, 11) is 0. The zero-order chi connectivity index (χ0) is 19.0. The van der Waals surface area contributed by atoms with E-state index in [1.807, 2.05) is 12.1 Å². The summed E-state index contributed by atoms with van der Waals surface area (Å²) in [6.07, 6.45) is 1.90. The Morgan fingerprint density at radius 3 is 3.04 bits per heavy atom. The lowest BCUT2D eigenvalue weighted by atomic mass is 9.79. The highest BCUT2D eigenvalue weighted by atomic mass is 32.2. The molecular weight excluding hydrogens is 367 g/mol. The molecule has 2 aliphatic heterocycles. The lowest BCUT2D eigenvalue weighted by molar-refractivity contribution is 0.102. The average molecular weight is 386 g/mol. The number of aliphatic imine (C=N–C) groups is 1. The van der Waals surface area contributed by atoms with Gasteiger partial charge in [0.25, 0.3) is 5.91 Å². The molecule has 1 aromatic heterocycles. The average Bonchev–Trinajstić information content (AvgIpc) is 2.78. The minimum Gasteiger partial charge on any atom is -0.493 e. The van der Waals surface area contributed by atoms with Gasteiger partial charge in [0.05, 0.1) is 18.3 Å². The molecule has 140 valence electrons. The van der Waals surface area contributed by atoms with Crippen molar-refractivity contribution in [3.05, 3.63) is 53.6 Å². The number of amides is 1. The normalized spacial score (nSPS) is 23.9. The van der Waals surface area contributed by atoms with Crippen molar-refractivity contribution in [1.29, 1.82) is 0 Å². The van der Waals surface area contributed by atoms with E-state index in [0.29, 0.717) is 23.4 Å². The number of benzene rings is 1. The Hall–Kier alpha value is -2.61. The van der Waals surface area contributed by atoms with E-state index in [1.54, 1.807) is 17.8 Å². The Bertz CT molecular complexity index is 918. The molecule has 2 unspecified atom stereocenters. The van der Waals surface area contributed by atoms with Crippen molar-refractivity contribution in [3.63, 3.8) is 0 Å². The quantitative estimate of drug-likeness (QED) is 0.828. The number of rotatable bonds is 2. The summed E-state index contributed by atoms with van der Waals surface area (Å²) in [4.78, 5) is 20.9. The number of hydrogen-bond donors (Lipinski definition) is 2. The first-order valence-corrected chi connectivity index (χ1v) is 9.62. The number of nitrogens with zero attached hydrogens (tertiary/aromatic N) is 2. The summed E-state index contributed by atoms with van der Waals surface area (Å²) < 4.78 is 18.9. The van der Waals surface area contributed by atoms with Crippen LogP contribution in [0.3, 0.4) is 0 Å². The second-order valence-electron chi connectivity index (χ2n) is 6.77. The van der Waals surface area contributed by atoms with Gasteiger partial charge in [0.15, 0.2) is 5.17 Å². The molecule has 2 atom stereocenters. The molecule has 0 radical (unpaired) electrons. The van der Waals surface area contributed by atoms with Crippen LogP contribution in [0.5, 0.6) is 5.75 Å². The van der Waals surface area contributed by atoms with E-state index < -0.39 is 17.3 Å². The van der Waals surface area contributed by atoms with E-state index in [4.69, 9.17) is 15.5 Å². The molecule has 4 rings (SSSR count). The lowest BCUT2D eigenvalue weighted by Crippen LogP contribution is -2.37. The first-order chi connectivity index (χ1) is 13.0. The first-order valence-electron chi connectivity index (χ1n) is 8.64. The third kappa shape index (κ3) is 3.37. The van der Waals surface area contributed by atoms with Gasteiger partial charge >= 0.3 is 0 Å². The van der Waals surface area contributed by atoms with Crippen molar-refractivity contribution in [3.8, 4) is 5.75 Å². The Balaban J connectivity index is 1.68. The third-order valence-corrected chi connectivity index (χ3v) is 5.99. The van der Waals surface area contributed by atoms with Crippen molar-refractivity contribution in [2.45, 2.75) is 18.9 Å². The number of thioether (sulfide) groups is 1. The number of nitrogens with one attached hydrogen (secondary N) is 1. The van der Waals surface area contributed by atoms with Crippen LogP contribution in [0.2, 0.25) is 0 Å². The largest absolute Gasteiger partial charge is 0.493 e. The molecule has 2 aliphatic rings. The molecule has 1 amide bonds. The van der Waals surface area contributed by atoms with Crippen LogP contribution in [0, 0.1) is 11.7 Å². The Morgan fingerprint density at radius 1 is 1.41 bits per heavy atom. The number of fused-ring (bicyclic) bond motifs is 3. The van der Waals surface area contributed by atoms with Gasteiger partial charge in [-0.2, -0.15) is 0 Å². The van der Waals surface area contributed by atoms with E-state index in [9.17, 15) is 9.18 Å². The highest BCUT2D eigenvalue weighted by Gasteiger charge is 2.42. The van der Waals surface area contributed by atoms with Gasteiger partial charge < -0.3 is 15.8 Å². The maximum Gasteiger partial charge on any atom is 0.274 e. The van der Waals surface area contributed by atoms with Crippen molar-refractivity contribution in [2.24, 2.45) is 16.6 Å². The van der Waals surface area contributed by atoms with Gasteiger partial charge in [0.2, 0.25) is 0 Å². The van der Waals surface area contributed by atoms with Crippen molar-refractivity contribution < 1.29 is 13.9 Å². The number of amidine groups is 1. The van der Waals surface area contributed by atoms with Crippen LogP contribution < -0.4 is 15.8 Å². The smallest absolute Gasteiger partial charge is 0.274 e. The van der Waals surface area contributed by atoms with Crippen LogP contribution in [-0.4, -0.2) is 28.4 Å². The number of nitrogens with two attached hydrogens (primary N) is 1. The van der Waals surface area contributed by atoms with Crippen LogP contribution >= 0.6 is 11.8 Å². The third-order valence-electron chi connectivity index (χ3n) is 5.04. The molecule has 8 heteroatoms. The van der Waals surface area contributed by atoms with Crippen molar-refractivity contribution in [2.75, 3.05) is 17.7 Å². The van der Waals surface area contributed by atoms with Gasteiger partial charge in [0, 0.05) is 22.9 Å². The maximum atomic E-state index is 13.0. The fraction of sp³-hybridized carbons (Fsp3) is 0.316. The van der Waals surface area contributed by atoms with Crippen LogP contribution in [-0.2, 0) is 5.54 Å². The van der Waals surface area contributed by atoms with Crippen molar-refractivity contribution in [1.82, 2.24) is 4.98 Å². The molecule has 0 aliphatic carbocycles. The summed E-state index contributed by atoms with van der Waals surface area (Å²) in [5, 5.41) is 3.37. The Morgan fingerprint density at radius 2 is 2.26 bits per heavy atom. The second kappa shape index (κ2) is 6.84. The van der Waals surface area contributed by atoms with Gasteiger partial charge in [-0.3, -0.25) is 9.79 Å². The molecule has 3 heterocycles. The monoisotopic (exact) mass is 386 g/mol. The minimum atomic E-state index is -0.504. The summed E-state index contributed by atoms with van der Waals surface area (Å²) >= 11 is 1.56. The molecule has 27 heavy (non-hydrogen) atoms. The van der Waals surface area contributed by atoms with E-state index in [0.717, 1.165) is 29.7 Å². The van der Waals surface area contributed by atoms with E-state index in [2.05, 4.69) is 17.2 Å². The summed E-state index contributed by atoms with van der Waals surface area (Å²) in [5.41, 5.74) is 7.14. The van der Waals surface area contributed by atoms with Gasteiger partial charge in [-0.15, -0.1) is 0 Å². The molecular formula is C19H19FN4O2S. The minimum absolute atomic E-state index is 0.142. The number of anilines is 1. The predicted molar refractivity (Wildman–Crippen MR) is 104 cm³/mol. The highest BCUT2D eigenvalue weighted by molar-refractivity contribution is 8.13. The van der Waals surface area contributed by atoms with Crippen LogP contribution in [0.25, 0.3) is 0 Å². The fourth-order valence-electron chi connectivity index (χ4n) is 3.49. The summed E-state index contributed by atoms with van der Waals surface area (Å²) in [6.45, 7) is 2.68. The number of ether oxygens (including phenoxy) is 1. The zero-order valence-electron chi connectivity index (χ0n) is 14.7. The molecule has 3 N–H and O–H groups in total. The Labute approximate surface area is 160 Å². The molecule has 0 spiro atoms. The number of pyridine rings is 1. The molecule has 0 saturated carbocycles. The van der Waals surface area contributed by atoms with Crippen LogP contribution in [0.4, 0.5) is 10.1 Å². The molecule has 6 nitrogen and oxygen atoms in total. The zero-order valence-corrected chi connectivity index (χ0v) is 15.6. The predicted octanol–water partition coefficient (Wildman–Crippen LogP) is 3.15. The van der Waals surface area contributed by atoms with Gasteiger partial charge in [0.1, 0.15) is 17.3 Å². The topological polar surface area (TPSA) is 89.6 Å². The number of carbonyl (C=O) groups is 1. The number of hydrogen-bond acceptors (Lipinski definition) is 6. The van der Waals surface area contributed by atoms with Crippen LogP contribution in [0.1, 0.15) is 29.4 Å². The van der Waals surface area contributed by atoms with Crippen LogP contribution in [0.15, 0.2) is 41.5 Å². The van der Waals surface area contributed by atoms with E-state index in [-0.39, 0.29) is 5.69 Å². The molecule has 2 aromatic rings. The SMILES string of the molecule is CC12N=C(N)SCC1CCOc1ccc(NC(=O)c3ccc(F)cn3)cc12. The van der Waals surface area contributed by atoms with E-state index >= 15 is 0 Å². The maximum absolute atomic E-state index is 13.0. The van der Waals surface area contributed by atoms with Crippen molar-refractivity contribution >= 4 is 28.5 Å². The summed E-state index contributed by atoms with van der Waals surface area (Å²) in [6, 6.07) is 8.04. The number of halogens is 1. The van der Waals surface area contributed by atoms with Gasteiger partial charge in [-0.25, -0.2) is 9.37 Å². The lowest BCUT2D eigenvalue weighted by Gasteiger charge is -2.36. The standard InChI is InChI=1S/C19H19FN4O2S/c1-19-11(10-27-18(21)24-19)6-7-26-16-5-3-13(8-14(16)19)23-17(25)15-4-2-12(20)9-22-15/h2-5,8-9,11H,6-7,10H2,1H3,(H2,21,24)(H,23,25). The fourth-order valence-corrected chi connectivity index (χ4v) is 4.61. The summed E-state index contributed by atoms with van der Waals surface area (Å²) in [5.74, 6) is 1.03. The Kier molecular flexibility index (Phi) is 4.51. The first kappa shape index (κ1) is 17.8. The highest BCUT2D eigenvalue weighted by Crippen LogP contribution is 2.47. The number of aromatic nitrogens is 1. The number of carbonyl (C=O) groups excluding carboxylic acids is 1. The second-order valence-corrected chi connectivity index (χ2v) is 7.81. The van der Waals surface area contributed by atoms with Gasteiger partial charge in [-0.05, 0) is 43.7 Å². The molecule has 1 aromatic carbocycles. The molecule has 0 bridgehead atoms.